The van der Waals surface area contributed by atoms with Crippen molar-refractivity contribution >= 4 is 17.4 Å². The Labute approximate surface area is 143 Å². The van der Waals surface area contributed by atoms with E-state index in [9.17, 15) is 10.1 Å². The standard InChI is InChI=1S/C17H16N4O2S/c1-2-12-7-9-13(10-8-12)16-18-17(20-19-16)24-11-14-5-3-4-6-15(14)21(22)23/h3-10H,2,11H2,1H3,(H,18,19,20). The van der Waals surface area contributed by atoms with Crippen LogP contribution in [0.4, 0.5) is 5.69 Å². The van der Waals surface area contributed by atoms with Crippen LogP contribution in [0.2, 0.25) is 0 Å². The van der Waals surface area contributed by atoms with Gasteiger partial charge in [0.2, 0.25) is 5.16 Å². The number of H-pyrrole nitrogens is 1. The summed E-state index contributed by atoms with van der Waals surface area (Å²) in [5.74, 6) is 1.14. The maximum absolute atomic E-state index is 11.0. The summed E-state index contributed by atoms with van der Waals surface area (Å²) in [5, 5.41) is 18.7. The highest BCUT2D eigenvalue weighted by Crippen LogP contribution is 2.27. The predicted octanol–water partition coefficient (Wildman–Crippen LogP) is 4.23. The van der Waals surface area contributed by atoms with Gasteiger partial charge in [0.05, 0.1) is 4.92 Å². The van der Waals surface area contributed by atoms with Crippen LogP contribution in [-0.4, -0.2) is 20.1 Å². The fourth-order valence-corrected chi connectivity index (χ4v) is 3.09. The summed E-state index contributed by atoms with van der Waals surface area (Å²) >= 11 is 1.37. The van der Waals surface area contributed by atoms with Crippen molar-refractivity contribution in [3.8, 4) is 11.4 Å². The van der Waals surface area contributed by atoms with Crippen molar-refractivity contribution in [2.75, 3.05) is 0 Å². The number of aromatic amines is 1. The Kier molecular flexibility index (Phi) is 4.90. The largest absolute Gasteiger partial charge is 0.273 e. The zero-order valence-electron chi connectivity index (χ0n) is 13.1. The first-order valence-corrected chi connectivity index (χ1v) is 8.52. The first kappa shape index (κ1) is 16.2. The number of hydrogen-bond acceptors (Lipinski definition) is 5. The smallest absolute Gasteiger partial charge is 0.258 e. The Bertz CT molecular complexity index is 846. The maximum Gasteiger partial charge on any atom is 0.273 e. The van der Waals surface area contributed by atoms with Crippen molar-refractivity contribution in [1.82, 2.24) is 15.2 Å². The van der Waals surface area contributed by atoms with Gasteiger partial charge in [-0.15, -0.1) is 5.10 Å². The number of nitro groups is 1. The average molecular weight is 340 g/mol. The average Bonchev–Trinajstić information content (AvgIpc) is 3.09. The highest BCUT2D eigenvalue weighted by atomic mass is 32.2. The number of hydrogen-bond donors (Lipinski definition) is 1. The molecule has 0 saturated heterocycles. The van der Waals surface area contributed by atoms with Gasteiger partial charge in [-0.1, -0.05) is 61.2 Å². The highest BCUT2D eigenvalue weighted by Gasteiger charge is 2.14. The van der Waals surface area contributed by atoms with Crippen LogP contribution in [0.3, 0.4) is 0 Å². The molecule has 0 amide bonds. The second-order valence-corrected chi connectivity index (χ2v) is 6.13. The molecule has 0 saturated carbocycles. The third-order valence-electron chi connectivity index (χ3n) is 3.65. The fraction of sp³-hybridized carbons (Fsp3) is 0.176. The van der Waals surface area contributed by atoms with Crippen LogP contribution in [0.5, 0.6) is 0 Å². The topological polar surface area (TPSA) is 84.7 Å². The molecule has 0 bridgehead atoms. The van der Waals surface area contributed by atoms with E-state index in [1.807, 2.05) is 12.1 Å². The Balaban J connectivity index is 1.71. The summed E-state index contributed by atoms with van der Waals surface area (Å²) < 4.78 is 0. The molecule has 0 aliphatic rings. The highest BCUT2D eigenvalue weighted by molar-refractivity contribution is 7.98. The zero-order chi connectivity index (χ0) is 16.9. The lowest BCUT2D eigenvalue weighted by Crippen LogP contribution is -1.93. The quantitative estimate of drug-likeness (QED) is 0.412. The number of nitrogens with one attached hydrogen (secondary N) is 1. The van der Waals surface area contributed by atoms with Gasteiger partial charge in [-0.05, 0) is 12.0 Å². The van der Waals surface area contributed by atoms with Crippen LogP contribution in [0.1, 0.15) is 18.1 Å². The number of aryl methyl sites for hydroxylation is 1. The Hall–Kier alpha value is -2.67. The number of aromatic nitrogens is 3. The molecule has 122 valence electrons. The van der Waals surface area contributed by atoms with Gasteiger partial charge in [0.25, 0.3) is 5.69 Å². The van der Waals surface area contributed by atoms with Crippen LogP contribution < -0.4 is 0 Å². The van der Waals surface area contributed by atoms with Crippen LogP contribution in [0.25, 0.3) is 11.4 Å². The van der Waals surface area contributed by atoms with Crippen molar-refractivity contribution in [1.29, 1.82) is 0 Å². The van der Waals surface area contributed by atoms with E-state index in [0.717, 1.165) is 12.0 Å². The van der Waals surface area contributed by atoms with Crippen molar-refractivity contribution in [2.24, 2.45) is 0 Å². The van der Waals surface area contributed by atoms with Crippen molar-refractivity contribution in [2.45, 2.75) is 24.3 Å². The molecule has 0 fully saturated rings. The van der Waals surface area contributed by atoms with E-state index in [1.165, 1.54) is 23.4 Å². The van der Waals surface area contributed by atoms with Crippen molar-refractivity contribution in [3.63, 3.8) is 0 Å². The molecule has 6 nitrogen and oxygen atoms in total. The number of rotatable bonds is 6. The summed E-state index contributed by atoms with van der Waals surface area (Å²) in [6.45, 7) is 2.11. The lowest BCUT2D eigenvalue weighted by Gasteiger charge is -2.00. The zero-order valence-corrected chi connectivity index (χ0v) is 13.9. The van der Waals surface area contributed by atoms with Gasteiger partial charge in [0.15, 0.2) is 5.82 Å². The minimum Gasteiger partial charge on any atom is -0.258 e. The number of benzene rings is 2. The molecule has 24 heavy (non-hydrogen) atoms. The van der Waals surface area contributed by atoms with E-state index in [2.05, 4.69) is 34.2 Å². The third kappa shape index (κ3) is 3.62. The molecule has 1 aromatic heterocycles. The van der Waals surface area contributed by atoms with Gasteiger partial charge < -0.3 is 0 Å². The van der Waals surface area contributed by atoms with Gasteiger partial charge in [-0.2, -0.15) is 0 Å². The van der Waals surface area contributed by atoms with E-state index in [0.29, 0.717) is 22.3 Å². The van der Waals surface area contributed by atoms with E-state index in [4.69, 9.17) is 0 Å². The Morgan fingerprint density at radius 2 is 1.92 bits per heavy atom. The monoisotopic (exact) mass is 340 g/mol. The number of thioether (sulfide) groups is 1. The first-order valence-electron chi connectivity index (χ1n) is 7.54. The van der Waals surface area contributed by atoms with Crippen molar-refractivity contribution in [3.05, 3.63) is 69.8 Å². The van der Waals surface area contributed by atoms with Gasteiger partial charge in [-0.25, -0.2) is 4.98 Å². The van der Waals surface area contributed by atoms with Crippen LogP contribution in [0, 0.1) is 10.1 Å². The number of nitrogens with zero attached hydrogens (tertiary/aromatic N) is 3. The maximum atomic E-state index is 11.0. The minimum atomic E-state index is -0.366. The van der Waals surface area contributed by atoms with Gasteiger partial charge in [0.1, 0.15) is 0 Å². The molecule has 0 spiro atoms. The van der Waals surface area contributed by atoms with E-state index < -0.39 is 0 Å². The van der Waals surface area contributed by atoms with E-state index in [-0.39, 0.29) is 10.6 Å². The summed E-state index contributed by atoms with van der Waals surface area (Å²) in [7, 11) is 0. The van der Waals surface area contributed by atoms with Crippen LogP contribution in [0.15, 0.2) is 53.7 Å². The molecule has 0 unspecified atom stereocenters. The molecule has 3 rings (SSSR count). The fourth-order valence-electron chi connectivity index (χ4n) is 2.29. The molecule has 0 aliphatic carbocycles. The molecular formula is C17H16N4O2S. The molecule has 2 aromatic carbocycles. The minimum absolute atomic E-state index is 0.121. The summed E-state index contributed by atoms with van der Waals surface area (Å²) in [6, 6.07) is 14.9. The molecule has 7 heteroatoms. The molecule has 1 N–H and O–H groups in total. The summed E-state index contributed by atoms with van der Waals surface area (Å²) in [4.78, 5) is 15.1. The van der Waals surface area contributed by atoms with E-state index in [1.54, 1.807) is 18.2 Å². The lowest BCUT2D eigenvalue weighted by molar-refractivity contribution is -0.385. The Morgan fingerprint density at radius 1 is 1.17 bits per heavy atom. The first-order chi connectivity index (χ1) is 11.7. The van der Waals surface area contributed by atoms with Gasteiger partial charge in [-0.3, -0.25) is 15.2 Å². The lowest BCUT2D eigenvalue weighted by atomic mass is 10.1. The van der Waals surface area contributed by atoms with Gasteiger partial charge >= 0.3 is 0 Å². The number of nitro benzene ring substituents is 1. The SMILES string of the molecule is CCc1ccc(-c2nc(SCc3ccccc3[N+](=O)[O-])n[nH]2)cc1. The molecule has 0 radical (unpaired) electrons. The van der Waals surface area contributed by atoms with Crippen molar-refractivity contribution < 1.29 is 4.92 Å². The van der Waals surface area contributed by atoms with Crippen LogP contribution in [-0.2, 0) is 12.2 Å². The Morgan fingerprint density at radius 3 is 2.62 bits per heavy atom. The van der Waals surface area contributed by atoms with Crippen LogP contribution >= 0.6 is 11.8 Å². The van der Waals surface area contributed by atoms with Gasteiger partial charge in [0, 0.05) is 22.9 Å². The number of para-hydroxylation sites is 1. The molecule has 1 heterocycles. The molecule has 0 atom stereocenters. The summed E-state index contributed by atoms with van der Waals surface area (Å²) in [5.41, 5.74) is 3.02. The van der Waals surface area contributed by atoms with E-state index >= 15 is 0 Å². The molecule has 3 aromatic rings. The second-order valence-electron chi connectivity index (χ2n) is 5.19. The normalized spacial score (nSPS) is 10.7. The second kappa shape index (κ2) is 7.27. The summed E-state index contributed by atoms with van der Waals surface area (Å²) in [6.07, 6.45) is 0.994. The predicted molar refractivity (Wildman–Crippen MR) is 93.9 cm³/mol. The molecular weight excluding hydrogens is 324 g/mol. The third-order valence-corrected chi connectivity index (χ3v) is 4.54. The molecule has 0 aliphatic heterocycles.